The van der Waals surface area contributed by atoms with Gasteiger partial charge in [0.1, 0.15) is 5.84 Å². The molecule has 0 aromatic rings. The number of ether oxygens (including phenoxy) is 1. The van der Waals surface area contributed by atoms with Gasteiger partial charge in [-0.1, -0.05) is 5.16 Å². The third-order valence-corrected chi connectivity index (χ3v) is 1.19. The molecule has 0 spiro atoms. The van der Waals surface area contributed by atoms with Crippen LogP contribution in [0, 0.1) is 0 Å². The number of rotatable bonds is 3. The molecule has 0 aromatic heterocycles. The summed E-state index contributed by atoms with van der Waals surface area (Å²) in [5.41, 5.74) is 5.20. The van der Waals surface area contributed by atoms with Crippen LogP contribution >= 0.6 is 0 Å². The lowest BCUT2D eigenvalue weighted by molar-refractivity contribution is 0.167. The van der Waals surface area contributed by atoms with E-state index >= 15 is 0 Å². The molecule has 0 aliphatic carbocycles. The predicted octanol–water partition coefficient (Wildman–Crippen LogP) is -0.133. The first-order valence-corrected chi connectivity index (χ1v) is 3.41. The molecule has 0 rings (SSSR count). The average Bonchev–Trinajstić information content (AvgIpc) is 2.03. The van der Waals surface area contributed by atoms with Crippen molar-refractivity contribution in [3.05, 3.63) is 0 Å². The first-order chi connectivity index (χ1) is 5.60. The first-order valence-electron chi connectivity index (χ1n) is 3.41. The molecule has 6 nitrogen and oxygen atoms in total. The molecule has 0 aromatic carbocycles. The fourth-order valence-corrected chi connectivity index (χ4v) is 0.666. The Hall–Kier alpha value is -1.46. The van der Waals surface area contributed by atoms with Crippen molar-refractivity contribution in [2.24, 2.45) is 10.9 Å². The summed E-state index contributed by atoms with van der Waals surface area (Å²) in [7, 11) is 1.27. The zero-order valence-electron chi connectivity index (χ0n) is 7.07. The number of methoxy groups -OCH3 is 1. The van der Waals surface area contributed by atoms with Crippen LogP contribution < -0.4 is 11.1 Å². The summed E-state index contributed by atoms with van der Waals surface area (Å²) in [6.45, 7) is 1.72. The van der Waals surface area contributed by atoms with Gasteiger partial charge < -0.3 is 21.0 Å². The van der Waals surface area contributed by atoms with E-state index in [1.54, 1.807) is 6.92 Å². The van der Waals surface area contributed by atoms with Crippen molar-refractivity contribution in [2.45, 2.75) is 19.4 Å². The van der Waals surface area contributed by atoms with Crippen molar-refractivity contribution in [2.75, 3.05) is 7.11 Å². The van der Waals surface area contributed by atoms with E-state index in [1.165, 1.54) is 7.11 Å². The van der Waals surface area contributed by atoms with Crippen LogP contribution in [0.3, 0.4) is 0 Å². The van der Waals surface area contributed by atoms with Gasteiger partial charge in [0.15, 0.2) is 0 Å². The van der Waals surface area contributed by atoms with E-state index in [9.17, 15) is 4.79 Å². The summed E-state index contributed by atoms with van der Waals surface area (Å²) in [5, 5.41) is 13.4. The molecule has 0 saturated heterocycles. The van der Waals surface area contributed by atoms with E-state index in [2.05, 4.69) is 15.2 Å². The largest absolute Gasteiger partial charge is 0.453 e. The smallest absolute Gasteiger partial charge is 0.407 e. The molecule has 0 heterocycles. The minimum Gasteiger partial charge on any atom is -0.453 e. The number of alkyl carbamates (subject to hydrolysis) is 1. The van der Waals surface area contributed by atoms with Gasteiger partial charge in [-0.15, -0.1) is 0 Å². The molecule has 0 saturated carbocycles. The quantitative estimate of drug-likeness (QED) is 0.241. The van der Waals surface area contributed by atoms with Crippen LogP contribution in [-0.4, -0.2) is 30.3 Å². The zero-order chi connectivity index (χ0) is 9.56. The number of hydrogen-bond donors (Lipinski definition) is 3. The standard InChI is InChI=1S/C6H13N3O3/c1-4(3-5(7)9-11)8-6(10)12-2/h4,11H,3H2,1-2H3,(H2,7,9)(H,8,10). The number of nitrogens with zero attached hydrogens (tertiary/aromatic N) is 1. The van der Waals surface area contributed by atoms with E-state index < -0.39 is 6.09 Å². The Morgan fingerprint density at radius 3 is 2.83 bits per heavy atom. The lowest BCUT2D eigenvalue weighted by atomic mass is 10.2. The molecule has 0 aliphatic rings. The second-order valence-corrected chi connectivity index (χ2v) is 2.33. The van der Waals surface area contributed by atoms with Gasteiger partial charge in [0.2, 0.25) is 0 Å². The van der Waals surface area contributed by atoms with Gasteiger partial charge in [0.25, 0.3) is 0 Å². The fraction of sp³-hybridized carbons (Fsp3) is 0.667. The Labute approximate surface area is 70.4 Å². The van der Waals surface area contributed by atoms with Crippen LogP contribution in [0.5, 0.6) is 0 Å². The number of amides is 1. The molecule has 6 heteroatoms. The predicted molar refractivity (Wildman–Crippen MR) is 43.0 cm³/mol. The van der Waals surface area contributed by atoms with Crippen molar-refractivity contribution in [3.8, 4) is 0 Å². The summed E-state index contributed by atoms with van der Waals surface area (Å²) in [6.07, 6.45) is -0.251. The molecule has 12 heavy (non-hydrogen) atoms. The van der Waals surface area contributed by atoms with Gasteiger partial charge in [-0.25, -0.2) is 4.79 Å². The molecule has 0 bridgehead atoms. The lowest BCUT2D eigenvalue weighted by Crippen LogP contribution is -2.35. The van der Waals surface area contributed by atoms with Crippen molar-refractivity contribution in [1.82, 2.24) is 5.32 Å². The van der Waals surface area contributed by atoms with E-state index in [0.29, 0.717) is 0 Å². The molecule has 70 valence electrons. The van der Waals surface area contributed by atoms with Crippen LogP contribution in [0.2, 0.25) is 0 Å². The van der Waals surface area contributed by atoms with Crippen LogP contribution in [0.25, 0.3) is 0 Å². The maximum absolute atomic E-state index is 10.6. The maximum Gasteiger partial charge on any atom is 0.407 e. The lowest BCUT2D eigenvalue weighted by Gasteiger charge is -2.10. The molecule has 1 unspecified atom stereocenters. The van der Waals surface area contributed by atoms with Gasteiger partial charge in [-0.3, -0.25) is 0 Å². The van der Waals surface area contributed by atoms with E-state index in [0.717, 1.165) is 0 Å². The molecule has 0 fully saturated rings. The molecule has 0 radical (unpaired) electrons. The number of hydrogen-bond acceptors (Lipinski definition) is 4. The maximum atomic E-state index is 10.6. The second kappa shape index (κ2) is 5.22. The summed E-state index contributed by atoms with van der Waals surface area (Å²) in [5.74, 6) is 0.0684. The van der Waals surface area contributed by atoms with Crippen molar-refractivity contribution >= 4 is 11.9 Å². The Morgan fingerprint density at radius 1 is 1.83 bits per heavy atom. The minimum atomic E-state index is -0.534. The Balaban J connectivity index is 3.74. The Morgan fingerprint density at radius 2 is 2.42 bits per heavy atom. The topological polar surface area (TPSA) is 96.9 Å². The molecule has 1 atom stereocenters. The van der Waals surface area contributed by atoms with Crippen LogP contribution in [0.1, 0.15) is 13.3 Å². The molecule has 4 N–H and O–H groups in total. The highest BCUT2D eigenvalue weighted by Gasteiger charge is 2.08. The Bertz CT molecular complexity index is 181. The number of nitrogens with one attached hydrogen (secondary N) is 1. The average molecular weight is 175 g/mol. The van der Waals surface area contributed by atoms with Crippen LogP contribution in [-0.2, 0) is 4.74 Å². The first kappa shape index (κ1) is 10.5. The number of nitrogens with two attached hydrogens (primary N) is 1. The minimum absolute atomic E-state index is 0.0684. The summed E-state index contributed by atoms with van der Waals surface area (Å²) in [6, 6.07) is -0.214. The normalized spacial score (nSPS) is 13.7. The van der Waals surface area contributed by atoms with Gasteiger partial charge in [0, 0.05) is 12.5 Å². The number of amidine groups is 1. The summed E-state index contributed by atoms with van der Waals surface area (Å²) >= 11 is 0. The highest BCUT2D eigenvalue weighted by Crippen LogP contribution is 1.90. The number of carbonyl (C=O) groups excluding carboxylic acids is 1. The molecule has 1 amide bonds. The molecular weight excluding hydrogens is 162 g/mol. The zero-order valence-corrected chi connectivity index (χ0v) is 7.07. The van der Waals surface area contributed by atoms with Crippen molar-refractivity contribution < 1.29 is 14.7 Å². The highest BCUT2D eigenvalue weighted by atomic mass is 16.5. The van der Waals surface area contributed by atoms with E-state index in [4.69, 9.17) is 10.9 Å². The molecular formula is C6H13N3O3. The third-order valence-electron chi connectivity index (χ3n) is 1.19. The van der Waals surface area contributed by atoms with Gasteiger partial charge in [0.05, 0.1) is 7.11 Å². The monoisotopic (exact) mass is 175 g/mol. The molecule has 0 aliphatic heterocycles. The van der Waals surface area contributed by atoms with Crippen molar-refractivity contribution in [1.29, 1.82) is 0 Å². The van der Waals surface area contributed by atoms with Gasteiger partial charge >= 0.3 is 6.09 Å². The van der Waals surface area contributed by atoms with E-state index in [1.807, 2.05) is 0 Å². The van der Waals surface area contributed by atoms with Gasteiger partial charge in [-0.05, 0) is 6.92 Å². The van der Waals surface area contributed by atoms with Crippen molar-refractivity contribution in [3.63, 3.8) is 0 Å². The summed E-state index contributed by atoms with van der Waals surface area (Å²) in [4.78, 5) is 10.6. The highest BCUT2D eigenvalue weighted by molar-refractivity contribution is 5.80. The van der Waals surface area contributed by atoms with Gasteiger partial charge in [-0.2, -0.15) is 0 Å². The second-order valence-electron chi connectivity index (χ2n) is 2.33. The van der Waals surface area contributed by atoms with Crippen LogP contribution in [0.4, 0.5) is 4.79 Å². The van der Waals surface area contributed by atoms with Crippen LogP contribution in [0.15, 0.2) is 5.16 Å². The van der Waals surface area contributed by atoms with E-state index in [-0.39, 0.29) is 18.3 Å². The SMILES string of the molecule is COC(=O)NC(C)CC(N)=NO. The third kappa shape index (κ3) is 4.37. The summed E-state index contributed by atoms with van der Waals surface area (Å²) < 4.78 is 4.34. The number of oxime groups is 1. The number of carbonyl (C=O) groups is 1. The fourth-order valence-electron chi connectivity index (χ4n) is 0.666. The Kier molecular flexibility index (Phi) is 4.59.